The summed E-state index contributed by atoms with van der Waals surface area (Å²) in [5.74, 6) is -0.383. The molecule has 7 rings (SSSR count). The number of aliphatic hydroxyl groups is 2. The van der Waals surface area contributed by atoms with Crippen LogP contribution in [0.25, 0.3) is 21.9 Å². The Bertz CT molecular complexity index is 2090. The van der Waals surface area contributed by atoms with Gasteiger partial charge in [0.2, 0.25) is 11.8 Å². The number of imidazole rings is 1. The van der Waals surface area contributed by atoms with Gasteiger partial charge < -0.3 is 34.7 Å². The Balaban J connectivity index is 1.20. The fourth-order valence-corrected chi connectivity index (χ4v) is 8.26. The van der Waals surface area contributed by atoms with E-state index in [9.17, 15) is 15.0 Å². The van der Waals surface area contributed by atoms with Crippen molar-refractivity contribution >= 4 is 41.6 Å². The molecule has 1 saturated heterocycles. The van der Waals surface area contributed by atoms with E-state index in [1.54, 1.807) is 42.5 Å². The molecule has 1 aliphatic heterocycles. The molecule has 5 N–H and O–H groups in total. The number of carbonyl (C=O) groups excluding carboxylic acids is 1. The summed E-state index contributed by atoms with van der Waals surface area (Å²) in [4.78, 5) is 26.4. The average molecular weight is 733 g/mol. The summed E-state index contributed by atoms with van der Waals surface area (Å²) in [5.41, 5.74) is 4.91. The van der Waals surface area contributed by atoms with E-state index in [4.69, 9.17) is 29.0 Å². The van der Waals surface area contributed by atoms with Gasteiger partial charge in [-0.15, -0.1) is 0 Å². The first-order chi connectivity index (χ1) is 25.1. The van der Waals surface area contributed by atoms with Crippen LogP contribution in [0.5, 0.6) is 11.6 Å². The molecule has 2 aromatic heterocycles. The SMILES string of the molecule is COc1nc(N)nc2c1ncn2C1O[C@H](COP(=O)(NC(C(=O)OC2CCCCC2)c2ccccc2)Oc2cccc3ccccc23)[C@@H](O)[C@@]1(C)O. The zero-order valence-corrected chi connectivity index (χ0v) is 29.6. The highest BCUT2D eigenvalue weighted by Gasteiger charge is 2.54. The van der Waals surface area contributed by atoms with Crippen LogP contribution < -0.4 is 20.1 Å². The molecular weight excluding hydrogens is 691 g/mol. The number of nitrogens with one attached hydrogen (secondary N) is 1. The summed E-state index contributed by atoms with van der Waals surface area (Å²) < 4.78 is 46.1. The fraction of sp³-hybridized carbons (Fsp3) is 0.389. The summed E-state index contributed by atoms with van der Waals surface area (Å²) in [6.45, 7) is 0.849. The molecule has 0 spiro atoms. The number of aromatic nitrogens is 4. The maximum Gasteiger partial charge on any atom is 0.459 e. The first-order valence-electron chi connectivity index (χ1n) is 17.1. The second kappa shape index (κ2) is 14.8. The van der Waals surface area contributed by atoms with Gasteiger partial charge in [-0.1, -0.05) is 73.2 Å². The van der Waals surface area contributed by atoms with Gasteiger partial charge in [-0.3, -0.25) is 9.09 Å². The lowest BCUT2D eigenvalue weighted by atomic mass is 9.96. The van der Waals surface area contributed by atoms with Crippen molar-refractivity contribution in [1.29, 1.82) is 0 Å². The van der Waals surface area contributed by atoms with Gasteiger partial charge in [0, 0.05) is 5.39 Å². The third-order valence-corrected chi connectivity index (χ3v) is 11.0. The number of aliphatic hydroxyl groups excluding tert-OH is 1. The second-order valence-corrected chi connectivity index (χ2v) is 14.8. The number of carbonyl (C=O) groups is 1. The minimum absolute atomic E-state index is 0.100. The topological polar surface area (TPSA) is 202 Å². The predicted molar refractivity (Wildman–Crippen MR) is 190 cm³/mol. The standard InChI is InChI=1S/C36H41N6O9P/c1-36(45)30(43)27(50-34(36)42-21-38-29-31(42)39-35(37)40-32(29)47-2)20-48-52(46,51-26-19-11-15-22-12-9-10-18-25(22)26)41-28(23-13-5-3-6-14-23)33(44)49-24-16-7-4-8-17-24/h3,5-6,9-15,18-19,21,24,27-28,30,34,43,45H,4,7-8,16-17,20H2,1-2H3,(H,41,46)(H2,37,39,40)/t27-,28?,30-,34?,36-,52?/m1/s1. The third kappa shape index (κ3) is 7.20. The minimum Gasteiger partial charge on any atom is -0.479 e. The number of hydrogen-bond donors (Lipinski definition) is 4. The van der Waals surface area contributed by atoms with Gasteiger partial charge in [0.25, 0.3) is 0 Å². The van der Waals surface area contributed by atoms with E-state index >= 15 is 4.57 Å². The minimum atomic E-state index is -4.53. The number of nitrogens with two attached hydrogens (primary N) is 1. The predicted octanol–water partition coefficient (Wildman–Crippen LogP) is 4.99. The Kier molecular flexibility index (Phi) is 10.2. The van der Waals surface area contributed by atoms with Gasteiger partial charge >= 0.3 is 13.7 Å². The molecule has 2 fully saturated rings. The maximum atomic E-state index is 15.0. The Morgan fingerprint density at radius 1 is 1.08 bits per heavy atom. The van der Waals surface area contributed by atoms with Crippen LogP contribution in [0.15, 0.2) is 79.1 Å². The highest BCUT2D eigenvalue weighted by molar-refractivity contribution is 7.52. The largest absolute Gasteiger partial charge is 0.479 e. The van der Waals surface area contributed by atoms with Crippen molar-refractivity contribution in [2.45, 2.75) is 75.2 Å². The summed E-state index contributed by atoms with van der Waals surface area (Å²) in [6.07, 6.45) is 1.50. The lowest BCUT2D eigenvalue weighted by molar-refractivity contribution is -0.153. The highest BCUT2D eigenvalue weighted by Crippen LogP contribution is 2.50. The number of benzene rings is 3. The van der Waals surface area contributed by atoms with Crippen LogP contribution in [0.4, 0.5) is 5.95 Å². The van der Waals surface area contributed by atoms with Crippen molar-refractivity contribution in [2.75, 3.05) is 19.5 Å². The molecule has 3 heterocycles. The zero-order valence-electron chi connectivity index (χ0n) is 28.7. The number of nitrogen functional groups attached to an aromatic ring is 1. The van der Waals surface area contributed by atoms with Crippen LogP contribution in [0.3, 0.4) is 0 Å². The lowest BCUT2D eigenvalue weighted by Gasteiger charge is -2.29. The number of ether oxygens (including phenoxy) is 3. The molecule has 5 aromatic rings. The van der Waals surface area contributed by atoms with Crippen molar-refractivity contribution in [2.24, 2.45) is 0 Å². The molecule has 52 heavy (non-hydrogen) atoms. The first kappa shape index (κ1) is 35.8. The molecule has 1 aliphatic carbocycles. The van der Waals surface area contributed by atoms with Crippen molar-refractivity contribution < 1.29 is 42.8 Å². The van der Waals surface area contributed by atoms with Crippen molar-refractivity contribution in [3.05, 3.63) is 84.7 Å². The van der Waals surface area contributed by atoms with Gasteiger partial charge in [0.05, 0.1) is 20.0 Å². The van der Waals surface area contributed by atoms with Gasteiger partial charge in [-0.05, 0) is 49.6 Å². The van der Waals surface area contributed by atoms with Gasteiger partial charge in [0.1, 0.15) is 35.7 Å². The normalized spacial score (nSPS) is 24.0. The van der Waals surface area contributed by atoms with E-state index in [1.165, 1.54) is 24.9 Å². The number of fused-ring (bicyclic) bond motifs is 2. The Labute approximate surface area is 299 Å². The molecule has 0 amide bonds. The van der Waals surface area contributed by atoms with E-state index in [-0.39, 0.29) is 34.8 Å². The Morgan fingerprint density at radius 3 is 2.58 bits per heavy atom. The molecule has 274 valence electrons. The van der Waals surface area contributed by atoms with Gasteiger partial charge in [-0.2, -0.15) is 15.1 Å². The number of nitrogens with zero attached hydrogens (tertiary/aromatic N) is 4. The van der Waals surface area contributed by atoms with Crippen LogP contribution in [0.1, 0.15) is 56.9 Å². The van der Waals surface area contributed by atoms with E-state index in [2.05, 4.69) is 20.0 Å². The van der Waals surface area contributed by atoms with E-state index in [0.717, 1.165) is 37.5 Å². The van der Waals surface area contributed by atoms with Crippen LogP contribution in [0.2, 0.25) is 0 Å². The van der Waals surface area contributed by atoms with Gasteiger partial charge in [0.15, 0.2) is 17.4 Å². The van der Waals surface area contributed by atoms with Crippen LogP contribution in [-0.2, 0) is 23.4 Å². The van der Waals surface area contributed by atoms with Crippen LogP contribution in [-0.4, -0.2) is 73.3 Å². The molecule has 6 atom stereocenters. The number of anilines is 1. The Morgan fingerprint density at radius 2 is 1.81 bits per heavy atom. The highest BCUT2D eigenvalue weighted by atomic mass is 31.2. The van der Waals surface area contributed by atoms with E-state index in [0.29, 0.717) is 10.9 Å². The molecule has 3 aromatic carbocycles. The molecular formula is C36H41N6O9P. The first-order valence-corrected chi connectivity index (χ1v) is 18.7. The molecule has 2 aliphatic rings. The smallest absolute Gasteiger partial charge is 0.459 e. The number of rotatable bonds is 12. The number of hydrogen-bond acceptors (Lipinski definition) is 13. The van der Waals surface area contributed by atoms with Crippen LogP contribution in [0, 0.1) is 0 Å². The molecule has 0 radical (unpaired) electrons. The lowest BCUT2D eigenvalue weighted by Crippen LogP contribution is -2.44. The average Bonchev–Trinajstić information content (AvgIpc) is 3.66. The fourth-order valence-electron chi connectivity index (χ4n) is 6.75. The zero-order chi connectivity index (χ0) is 36.5. The van der Waals surface area contributed by atoms with Gasteiger partial charge in [-0.25, -0.2) is 14.3 Å². The quantitative estimate of drug-likeness (QED) is 0.0987. The molecule has 3 unspecified atom stereocenters. The summed E-state index contributed by atoms with van der Waals surface area (Å²) in [7, 11) is -3.12. The van der Waals surface area contributed by atoms with E-state index < -0.39 is 50.4 Å². The van der Waals surface area contributed by atoms with Crippen molar-refractivity contribution in [1.82, 2.24) is 24.6 Å². The second-order valence-electron chi connectivity index (χ2n) is 13.1. The van der Waals surface area contributed by atoms with Crippen LogP contribution >= 0.6 is 7.75 Å². The summed E-state index contributed by atoms with van der Waals surface area (Å²) >= 11 is 0. The molecule has 0 bridgehead atoms. The third-order valence-electron chi connectivity index (χ3n) is 9.48. The molecule has 1 saturated carbocycles. The monoisotopic (exact) mass is 732 g/mol. The summed E-state index contributed by atoms with van der Waals surface area (Å²) in [6, 6.07) is 20.2. The Hall–Kier alpha value is -4.63. The van der Waals surface area contributed by atoms with E-state index in [1.807, 2.05) is 30.3 Å². The summed E-state index contributed by atoms with van der Waals surface area (Å²) in [5, 5.41) is 27.3. The van der Waals surface area contributed by atoms with Crippen molar-refractivity contribution in [3.8, 4) is 11.6 Å². The van der Waals surface area contributed by atoms with Crippen molar-refractivity contribution in [3.63, 3.8) is 0 Å². The molecule has 15 nitrogen and oxygen atoms in total. The number of methoxy groups -OCH3 is 1. The number of esters is 1. The maximum absolute atomic E-state index is 15.0. The molecule has 16 heteroatoms.